The van der Waals surface area contributed by atoms with E-state index in [0.717, 1.165) is 21.9 Å². The van der Waals surface area contributed by atoms with Crippen molar-refractivity contribution < 1.29 is 14.7 Å². The van der Waals surface area contributed by atoms with Crippen LogP contribution in [-0.4, -0.2) is 23.0 Å². The molecule has 126 valence electrons. The van der Waals surface area contributed by atoms with Gasteiger partial charge in [-0.1, -0.05) is 72.8 Å². The number of nitrogens with one attached hydrogen (secondary N) is 1. The van der Waals surface area contributed by atoms with Gasteiger partial charge in [-0.05, 0) is 21.9 Å². The molecule has 3 aromatic rings. The van der Waals surface area contributed by atoms with Gasteiger partial charge < -0.3 is 10.4 Å². The third-order valence-electron chi connectivity index (χ3n) is 4.09. The number of carboxylic acid groups (broad SMARTS) is 1. The minimum Gasteiger partial charge on any atom is -0.480 e. The van der Waals surface area contributed by atoms with Crippen molar-refractivity contribution in [1.29, 1.82) is 0 Å². The largest absolute Gasteiger partial charge is 0.480 e. The summed E-state index contributed by atoms with van der Waals surface area (Å²) < 4.78 is 0. The first-order valence-electron chi connectivity index (χ1n) is 8.15. The minimum atomic E-state index is -1.03. The number of rotatable bonds is 6. The van der Waals surface area contributed by atoms with Gasteiger partial charge in [0.25, 0.3) is 0 Å². The van der Waals surface area contributed by atoms with Crippen molar-refractivity contribution in [2.24, 2.45) is 0 Å². The summed E-state index contributed by atoms with van der Waals surface area (Å²) >= 11 is 0. The summed E-state index contributed by atoms with van der Waals surface area (Å²) in [5, 5.41) is 14.2. The molecule has 1 unspecified atom stereocenters. The van der Waals surface area contributed by atoms with E-state index >= 15 is 0 Å². The van der Waals surface area contributed by atoms with Crippen molar-refractivity contribution in [2.45, 2.75) is 18.9 Å². The molecule has 1 amide bonds. The Kier molecular flexibility index (Phi) is 5.09. The number of carbonyl (C=O) groups excluding carboxylic acids is 1. The van der Waals surface area contributed by atoms with E-state index in [9.17, 15) is 14.7 Å². The highest BCUT2D eigenvalue weighted by molar-refractivity contribution is 5.86. The van der Waals surface area contributed by atoms with Gasteiger partial charge in [-0.15, -0.1) is 0 Å². The smallest absolute Gasteiger partial charge is 0.326 e. The summed E-state index contributed by atoms with van der Waals surface area (Å²) in [6.07, 6.45) is 0.420. The van der Waals surface area contributed by atoms with Gasteiger partial charge in [0.05, 0.1) is 6.42 Å². The van der Waals surface area contributed by atoms with Gasteiger partial charge in [0.15, 0.2) is 0 Å². The van der Waals surface area contributed by atoms with E-state index in [1.807, 2.05) is 72.8 Å². The van der Waals surface area contributed by atoms with Crippen LogP contribution in [0.5, 0.6) is 0 Å². The van der Waals surface area contributed by atoms with Crippen LogP contribution >= 0.6 is 0 Å². The van der Waals surface area contributed by atoms with Gasteiger partial charge in [-0.3, -0.25) is 4.79 Å². The molecule has 2 N–H and O–H groups in total. The van der Waals surface area contributed by atoms with Gasteiger partial charge in [-0.2, -0.15) is 0 Å². The number of carboxylic acids is 1. The Hall–Kier alpha value is -3.14. The SMILES string of the molecule is O=C(Cc1ccccc1)NC(Cc1ccc2ccccc2c1)C(=O)O. The Balaban J connectivity index is 1.70. The normalized spacial score (nSPS) is 11.8. The van der Waals surface area contributed by atoms with Crippen LogP contribution in [0, 0.1) is 0 Å². The molecule has 3 aromatic carbocycles. The fraction of sp³-hybridized carbons (Fsp3) is 0.143. The maximum absolute atomic E-state index is 12.2. The molecule has 0 saturated carbocycles. The highest BCUT2D eigenvalue weighted by Crippen LogP contribution is 2.17. The fourth-order valence-corrected chi connectivity index (χ4v) is 2.83. The number of carbonyl (C=O) groups is 2. The number of aliphatic carboxylic acids is 1. The Morgan fingerprint density at radius 3 is 2.24 bits per heavy atom. The lowest BCUT2D eigenvalue weighted by molar-refractivity contribution is -0.141. The predicted octanol–water partition coefficient (Wildman–Crippen LogP) is 3.19. The van der Waals surface area contributed by atoms with Gasteiger partial charge >= 0.3 is 5.97 Å². The highest BCUT2D eigenvalue weighted by atomic mass is 16.4. The van der Waals surface area contributed by atoms with Crippen molar-refractivity contribution in [3.63, 3.8) is 0 Å². The van der Waals surface area contributed by atoms with Crippen LogP contribution in [0.25, 0.3) is 10.8 Å². The Morgan fingerprint density at radius 2 is 1.52 bits per heavy atom. The van der Waals surface area contributed by atoms with E-state index in [1.54, 1.807) is 0 Å². The first-order chi connectivity index (χ1) is 12.1. The second-order valence-corrected chi connectivity index (χ2v) is 6.01. The second kappa shape index (κ2) is 7.62. The van der Waals surface area contributed by atoms with Crippen molar-refractivity contribution in [2.75, 3.05) is 0 Å². The lowest BCUT2D eigenvalue weighted by Crippen LogP contribution is -2.43. The molecule has 3 rings (SSSR count). The van der Waals surface area contributed by atoms with Gasteiger partial charge in [0, 0.05) is 6.42 Å². The van der Waals surface area contributed by atoms with E-state index in [2.05, 4.69) is 5.32 Å². The molecule has 25 heavy (non-hydrogen) atoms. The van der Waals surface area contributed by atoms with Gasteiger partial charge in [0.2, 0.25) is 5.91 Å². The molecule has 0 aromatic heterocycles. The zero-order chi connectivity index (χ0) is 17.6. The standard InChI is InChI=1S/C21H19NO3/c23-20(14-15-6-2-1-3-7-15)22-19(21(24)25)13-16-10-11-17-8-4-5-9-18(17)12-16/h1-12,19H,13-14H2,(H,22,23)(H,24,25). The predicted molar refractivity (Wildman–Crippen MR) is 97.4 cm³/mol. The number of benzene rings is 3. The molecule has 0 radical (unpaired) electrons. The molecule has 0 bridgehead atoms. The molecular weight excluding hydrogens is 314 g/mol. The molecule has 4 nitrogen and oxygen atoms in total. The van der Waals surface area contributed by atoms with Gasteiger partial charge in [-0.25, -0.2) is 4.79 Å². The molecular formula is C21H19NO3. The van der Waals surface area contributed by atoms with Crippen LogP contribution in [0.15, 0.2) is 72.8 Å². The van der Waals surface area contributed by atoms with Crippen molar-refractivity contribution >= 4 is 22.6 Å². The average molecular weight is 333 g/mol. The number of amides is 1. The molecule has 1 atom stereocenters. The van der Waals surface area contributed by atoms with Crippen LogP contribution in [-0.2, 0) is 22.4 Å². The van der Waals surface area contributed by atoms with E-state index < -0.39 is 12.0 Å². The van der Waals surface area contributed by atoms with E-state index in [0.29, 0.717) is 0 Å². The molecule has 0 aliphatic carbocycles. The molecule has 0 saturated heterocycles. The van der Waals surface area contributed by atoms with Gasteiger partial charge in [0.1, 0.15) is 6.04 Å². The average Bonchev–Trinajstić information content (AvgIpc) is 2.62. The summed E-state index contributed by atoms with van der Waals surface area (Å²) in [7, 11) is 0. The van der Waals surface area contributed by atoms with Crippen LogP contribution < -0.4 is 5.32 Å². The number of hydrogen-bond acceptors (Lipinski definition) is 2. The molecule has 0 fully saturated rings. The fourth-order valence-electron chi connectivity index (χ4n) is 2.83. The van der Waals surface area contributed by atoms with Crippen molar-refractivity contribution in [3.05, 3.63) is 83.9 Å². The van der Waals surface area contributed by atoms with Crippen LogP contribution in [0.3, 0.4) is 0 Å². The lowest BCUT2D eigenvalue weighted by Gasteiger charge is -2.15. The molecule has 0 spiro atoms. The summed E-state index contributed by atoms with van der Waals surface area (Å²) in [5.74, 6) is -1.33. The van der Waals surface area contributed by atoms with E-state index in [4.69, 9.17) is 0 Å². The number of hydrogen-bond donors (Lipinski definition) is 2. The van der Waals surface area contributed by atoms with Crippen molar-refractivity contribution in [1.82, 2.24) is 5.32 Å². The van der Waals surface area contributed by atoms with Crippen LogP contribution in [0.1, 0.15) is 11.1 Å². The Bertz CT molecular complexity index is 890. The molecule has 0 heterocycles. The molecule has 0 aliphatic rings. The lowest BCUT2D eigenvalue weighted by atomic mass is 10.0. The van der Waals surface area contributed by atoms with E-state index in [-0.39, 0.29) is 18.7 Å². The van der Waals surface area contributed by atoms with Crippen molar-refractivity contribution in [3.8, 4) is 0 Å². The maximum atomic E-state index is 12.2. The zero-order valence-electron chi connectivity index (χ0n) is 13.7. The molecule has 0 aliphatic heterocycles. The maximum Gasteiger partial charge on any atom is 0.326 e. The molecule has 4 heteroatoms. The van der Waals surface area contributed by atoms with Crippen LogP contribution in [0.4, 0.5) is 0 Å². The third kappa shape index (κ3) is 4.44. The Labute approximate surface area is 146 Å². The minimum absolute atomic E-state index is 0.169. The Morgan fingerprint density at radius 1 is 0.840 bits per heavy atom. The zero-order valence-corrected chi connectivity index (χ0v) is 13.7. The van der Waals surface area contributed by atoms with E-state index in [1.165, 1.54) is 0 Å². The first kappa shape index (κ1) is 16.7. The summed E-state index contributed by atoms with van der Waals surface area (Å²) in [6.45, 7) is 0. The quantitative estimate of drug-likeness (QED) is 0.728. The monoisotopic (exact) mass is 333 g/mol. The van der Waals surface area contributed by atoms with Crippen LogP contribution in [0.2, 0.25) is 0 Å². The summed E-state index contributed by atoms with van der Waals surface area (Å²) in [6, 6.07) is 22.1. The summed E-state index contributed by atoms with van der Waals surface area (Å²) in [4.78, 5) is 23.7. The number of fused-ring (bicyclic) bond motifs is 1. The highest BCUT2D eigenvalue weighted by Gasteiger charge is 2.20. The third-order valence-corrected chi connectivity index (χ3v) is 4.09. The second-order valence-electron chi connectivity index (χ2n) is 6.01. The summed E-state index contributed by atoms with van der Waals surface area (Å²) in [5.41, 5.74) is 1.74. The topological polar surface area (TPSA) is 66.4 Å². The first-order valence-corrected chi connectivity index (χ1v) is 8.15.